The molecule has 2 rings (SSSR count). The van der Waals surface area contributed by atoms with Gasteiger partial charge in [0, 0.05) is 25.1 Å². The van der Waals surface area contributed by atoms with Gasteiger partial charge in [-0.3, -0.25) is 24.5 Å². The fourth-order valence-electron chi connectivity index (χ4n) is 2.01. The molecule has 0 unspecified atom stereocenters. The van der Waals surface area contributed by atoms with Gasteiger partial charge in [-0.1, -0.05) is 0 Å². The number of benzene rings is 1. The largest absolute Gasteiger partial charge is 0.481 e. The number of amides is 1. The van der Waals surface area contributed by atoms with Crippen molar-refractivity contribution in [2.45, 2.75) is 12.8 Å². The van der Waals surface area contributed by atoms with Gasteiger partial charge in [0.25, 0.3) is 17.4 Å². The third-order valence-electron chi connectivity index (χ3n) is 2.94. The Labute approximate surface area is 112 Å². The standard InChI is InChI=1S/C12H10N2O6/c15-10(16)2-1-5-13-9-4-3-7(14(19)20)6-8(9)11(17)12(13)18/h3-4,6H,1-2,5H2,(H,15,16). The third-order valence-corrected chi connectivity index (χ3v) is 2.94. The summed E-state index contributed by atoms with van der Waals surface area (Å²) in [5.74, 6) is -2.59. The van der Waals surface area contributed by atoms with Crippen LogP contribution in [0.4, 0.5) is 11.4 Å². The van der Waals surface area contributed by atoms with E-state index in [1.807, 2.05) is 0 Å². The molecule has 8 heteroatoms. The number of carboxylic acids is 1. The van der Waals surface area contributed by atoms with Crippen LogP contribution in [0.2, 0.25) is 0 Å². The molecule has 20 heavy (non-hydrogen) atoms. The Morgan fingerprint density at radius 1 is 1.35 bits per heavy atom. The zero-order chi connectivity index (χ0) is 14.9. The molecule has 0 saturated heterocycles. The van der Waals surface area contributed by atoms with Crippen molar-refractivity contribution in [2.24, 2.45) is 0 Å². The van der Waals surface area contributed by atoms with Gasteiger partial charge in [0.2, 0.25) is 0 Å². The van der Waals surface area contributed by atoms with E-state index in [9.17, 15) is 24.5 Å². The van der Waals surface area contributed by atoms with E-state index in [1.54, 1.807) is 0 Å². The highest BCUT2D eigenvalue weighted by atomic mass is 16.6. The van der Waals surface area contributed by atoms with Crippen molar-refractivity contribution in [1.29, 1.82) is 0 Å². The summed E-state index contributed by atoms with van der Waals surface area (Å²) in [6.45, 7) is 0.0850. The van der Waals surface area contributed by atoms with Crippen molar-refractivity contribution in [3.8, 4) is 0 Å². The van der Waals surface area contributed by atoms with Gasteiger partial charge in [-0.05, 0) is 12.5 Å². The minimum Gasteiger partial charge on any atom is -0.481 e. The average Bonchev–Trinajstić information content (AvgIpc) is 2.63. The van der Waals surface area contributed by atoms with Crippen molar-refractivity contribution in [2.75, 3.05) is 11.4 Å². The fourth-order valence-corrected chi connectivity index (χ4v) is 2.01. The minimum absolute atomic E-state index is 0.0143. The van der Waals surface area contributed by atoms with Crippen LogP contribution in [-0.4, -0.2) is 34.2 Å². The second-order valence-corrected chi connectivity index (χ2v) is 4.24. The van der Waals surface area contributed by atoms with Crippen LogP contribution in [0.15, 0.2) is 18.2 Å². The van der Waals surface area contributed by atoms with Crippen LogP contribution in [0, 0.1) is 10.1 Å². The quantitative estimate of drug-likeness (QED) is 0.487. The summed E-state index contributed by atoms with van der Waals surface area (Å²) < 4.78 is 0. The molecule has 0 saturated carbocycles. The number of hydrogen-bond donors (Lipinski definition) is 1. The molecule has 1 N–H and O–H groups in total. The lowest BCUT2D eigenvalue weighted by molar-refractivity contribution is -0.384. The SMILES string of the molecule is O=C(O)CCCN1C(=O)C(=O)c2cc([N+](=O)[O-])ccc21. The Bertz CT molecular complexity index is 624. The van der Waals surface area contributed by atoms with Crippen LogP contribution in [-0.2, 0) is 9.59 Å². The molecule has 0 bridgehead atoms. The van der Waals surface area contributed by atoms with Crippen LogP contribution in [0.1, 0.15) is 23.2 Å². The highest BCUT2D eigenvalue weighted by Gasteiger charge is 2.36. The monoisotopic (exact) mass is 278 g/mol. The molecule has 0 aromatic heterocycles. The number of nitro benzene ring substituents is 1. The van der Waals surface area contributed by atoms with Crippen LogP contribution in [0.5, 0.6) is 0 Å². The molecule has 0 radical (unpaired) electrons. The lowest BCUT2D eigenvalue weighted by Gasteiger charge is -2.15. The molecule has 0 aliphatic carbocycles. The number of carboxylic acid groups (broad SMARTS) is 1. The van der Waals surface area contributed by atoms with Gasteiger partial charge < -0.3 is 10.0 Å². The van der Waals surface area contributed by atoms with Crippen LogP contribution >= 0.6 is 0 Å². The van der Waals surface area contributed by atoms with Gasteiger partial charge in [-0.2, -0.15) is 0 Å². The number of rotatable bonds is 5. The highest BCUT2D eigenvalue weighted by molar-refractivity contribution is 6.52. The predicted octanol–water partition coefficient (Wildman–Crippen LogP) is 0.989. The zero-order valence-electron chi connectivity index (χ0n) is 10.2. The summed E-state index contributed by atoms with van der Waals surface area (Å²) in [4.78, 5) is 45.1. The second kappa shape index (κ2) is 5.08. The highest BCUT2D eigenvalue weighted by Crippen LogP contribution is 2.32. The Kier molecular flexibility index (Phi) is 3.47. The minimum atomic E-state index is -0.994. The number of carbonyl (C=O) groups excluding carboxylic acids is 2. The number of fused-ring (bicyclic) bond motifs is 1. The van der Waals surface area contributed by atoms with E-state index in [-0.39, 0.29) is 36.3 Å². The average molecular weight is 278 g/mol. The summed E-state index contributed by atoms with van der Waals surface area (Å²) in [5.41, 5.74) is 0.00722. The number of ketones is 1. The van der Waals surface area contributed by atoms with Gasteiger partial charge in [-0.15, -0.1) is 0 Å². The Morgan fingerprint density at radius 3 is 2.65 bits per heavy atom. The normalized spacial score (nSPS) is 13.5. The maximum atomic E-state index is 11.8. The summed E-state index contributed by atoms with van der Waals surface area (Å²) in [6, 6.07) is 3.60. The fraction of sp³-hybridized carbons (Fsp3) is 0.250. The molecule has 1 aromatic carbocycles. The molecular formula is C12H10N2O6. The maximum Gasteiger partial charge on any atom is 0.303 e. The molecule has 1 aliphatic rings. The first-order valence-corrected chi connectivity index (χ1v) is 5.78. The first-order valence-electron chi connectivity index (χ1n) is 5.78. The number of hydrogen-bond acceptors (Lipinski definition) is 5. The molecule has 1 amide bonds. The molecular weight excluding hydrogens is 268 g/mol. The van der Waals surface area contributed by atoms with E-state index in [0.29, 0.717) is 0 Å². The number of carbonyl (C=O) groups is 3. The topological polar surface area (TPSA) is 118 Å². The molecule has 0 fully saturated rings. The van der Waals surface area contributed by atoms with Crippen LogP contribution < -0.4 is 4.90 Å². The van der Waals surface area contributed by atoms with Crippen molar-refractivity contribution in [3.05, 3.63) is 33.9 Å². The van der Waals surface area contributed by atoms with Crippen molar-refractivity contribution in [1.82, 2.24) is 0 Å². The van der Waals surface area contributed by atoms with Crippen molar-refractivity contribution < 1.29 is 24.4 Å². The van der Waals surface area contributed by atoms with E-state index in [2.05, 4.69) is 0 Å². The van der Waals surface area contributed by atoms with E-state index in [4.69, 9.17) is 5.11 Å². The lowest BCUT2D eigenvalue weighted by Crippen LogP contribution is -2.30. The lowest BCUT2D eigenvalue weighted by atomic mass is 10.1. The molecule has 0 atom stereocenters. The third kappa shape index (κ3) is 2.35. The van der Waals surface area contributed by atoms with E-state index < -0.39 is 22.6 Å². The number of non-ortho nitro benzene ring substituents is 1. The number of nitro groups is 1. The van der Waals surface area contributed by atoms with Crippen LogP contribution in [0.3, 0.4) is 0 Å². The first kappa shape index (κ1) is 13.7. The van der Waals surface area contributed by atoms with Crippen LogP contribution in [0.25, 0.3) is 0 Å². The maximum absolute atomic E-state index is 11.8. The van der Waals surface area contributed by atoms with Gasteiger partial charge in [-0.25, -0.2) is 0 Å². The Balaban J connectivity index is 2.26. The second-order valence-electron chi connectivity index (χ2n) is 4.24. The number of anilines is 1. The molecule has 104 valence electrons. The summed E-state index contributed by atoms with van der Waals surface area (Å²) in [7, 11) is 0. The smallest absolute Gasteiger partial charge is 0.303 e. The van der Waals surface area contributed by atoms with Crippen molar-refractivity contribution in [3.63, 3.8) is 0 Å². The van der Waals surface area contributed by atoms with Gasteiger partial charge in [0.15, 0.2) is 0 Å². The van der Waals surface area contributed by atoms with E-state index >= 15 is 0 Å². The number of Topliss-reactive ketones (excluding diaryl/α,β-unsaturated/α-hetero) is 1. The summed E-state index contributed by atoms with van der Waals surface area (Å²) in [5, 5.41) is 19.2. The molecule has 1 aliphatic heterocycles. The van der Waals surface area contributed by atoms with E-state index in [1.165, 1.54) is 12.1 Å². The van der Waals surface area contributed by atoms with Crippen molar-refractivity contribution >= 4 is 29.0 Å². The Morgan fingerprint density at radius 2 is 2.05 bits per heavy atom. The zero-order valence-corrected chi connectivity index (χ0v) is 10.2. The van der Waals surface area contributed by atoms with E-state index in [0.717, 1.165) is 11.0 Å². The molecule has 1 heterocycles. The predicted molar refractivity (Wildman–Crippen MR) is 66.6 cm³/mol. The van der Waals surface area contributed by atoms with Gasteiger partial charge in [0.1, 0.15) is 0 Å². The number of aliphatic carboxylic acids is 1. The molecule has 1 aromatic rings. The summed E-state index contributed by atoms with van der Waals surface area (Å²) >= 11 is 0. The first-order chi connectivity index (χ1) is 9.41. The molecule has 8 nitrogen and oxygen atoms in total. The molecule has 0 spiro atoms. The number of nitrogens with zero attached hydrogens (tertiary/aromatic N) is 2. The summed E-state index contributed by atoms with van der Waals surface area (Å²) in [6.07, 6.45) is 0.0745. The van der Waals surface area contributed by atoms with Gasteiger partial charge >= 0.3 is 5.97 Å². The Hall–Kier alpha value is -2.77. The van der Waals surface area contributed by atoms with Gasteiger partial charge in [0.05, 0.1) is 16.2 Å².